The van der Waals surface area contributed by atoms with E-state index < -0.39 is 0 Å². The molecule has 10 nitrogen and oxygen atoms in total. The summed E-state index contributed by atoms with van der Waals surface area (Å²) < 4.78 is 7.81. The van der Waals surface area contributed by atoms with E-state index in [4.69, 9.17) is 14.7 Å². The van der Waals surface area contributed by atoms with Gasteiger partial charge < -0.3 is 25.2 Å². The Morgan fingerprint density at radius 1 is 0.946 bits per heavy atom. The average Bonchev–Trinajstić information content (AvgIpc) is 3.44. The molecular formula is C27H30N8O2. The van der Waals surface area contributed by atoms with Crippen LogP contribution in [-0.2, 0) is 11.8 Å². The summed E-state index contributed by atoms with van der Waals surface area (Å²) in [5.74, 6) is 1.53. The van der Waals surface area contributed by atoms with Crippen LogP contribution in [0, 0.1) is 0 Å². The van der Waals surface area contributed by atoms with Crippen LogP contribution >= 0.6 is 0 Å². The Morgan fingerprint density at radius 2 is 1.57 bits per heavy atom. The number of nitrogens with zero attached hydrogens (tertiary/aromatic N) is 6. The number of morpholine rings is 1. The van der Waals surface area contributed by atoms with Crippen molar-refractivity contribution in [2.75, 3.05) is 47.6 Å². The fourth-order valence-corrected chi connectivity index (χ4v) is 5.00. The molecule has 190 valence electrons. The summed E-state index contributed by atoms with van der Waals surface area (Å²) >= 11 is 0. The first-order valence-electron chi connectivity index (χ1n) is 12.5. The lowest BCUT2D eigenvalue weighted by atomic mass is 10.2. The molecule has 0 aliphatic carbocycles. The highest BCUT2D eigenvalue weighted by molar-refractivity contribution is 6.00. The fraction of sp³-hybridized carbons (Fsp3) is 0.333. The van der Waals surface area contributed by atoms with E-state index in [0.29, 0.717) is 11.5 Å². The molecule has 10 heteroatoms. The van der Waals surface area contributed by atoms with Gasteiger partial charge in [0.2, 0.25) is 0 Å². The number of benzene rings is 2. The van der Waals surface area contributed by atoms with E-state index in [1.54, 1.807) is 4.68 Å². The molecule has 2 aromatic carbocycles. The molecule has 2 atom stereocenters. The zero-order valence-electron chi connectivity index (χ0n) is 21.2. The van der Waals surface area contributed by atoms with Gasteiger partial charge in [-0.1, -0.05) is 0 Å². The normalized spacial score (nSPS) is 18.7. The van der Waals surface area contributed by atoms with E-state index in [1.807, 2.05) is 80.8 Å². The van der Waals surface area contributed by atoms with Gasteiger partial charge in [0.25, 0.3) is 0 Å². The standard InChI is InChI=1S/C27H30N8O2/c1-33(2)20-10-8-19(9-11-20)30-27(36)29-18-6-4-17(5-7-18)24-31-25-23(14-28-34(25)3)26(32-24)35-15-21-12-13-22(16-35)37-21/h4-11,14,21-22H,12-13,15-16H2,1-3H3,(H2,29,30,36). The second-order valence-electron chi connectivity index (χ2n) is 9.84. The molecule has 0 spiro atoms. The quantitative estimate of drug-likeness (QED) is 0.427. The number of hydrogen-bond donors (Lipinski definition) is 2. The van der Waals surface area contributed by atoms with E-state index >= 15 is 0 Å². The minimum Gasteiger partial charge on any atom is -0.378 e. The Labute approximate surface area is 215 Å². The van der Waals surface area contributed by atoms with Crippen molar-refractivity contribution in [3.05, 3.63) is 54.7 Å². The Balaban J connectivity index is 1.20. The van der Waals surface area contributed by atoms with Crippen molar-refractivity contribution in [3.63, 3.8) is 0 Å². The maximum Gasteiger partial charge on any atom is 0.323 e. The van der Waals surface area contributed by atoms with Crippen molar-refractivity contribution in [1.82, 2.24) is 19.7 Å². The number of hydrogen-bond acceptors (Lipinski definition) is 7. The Morgan fingerprint density at radius 3 is 2.19 bits per heavy atom. The van der Waals surface area contributed by atoms with Crippen LogP contribution in [0.5, 0.6) is 0 Å². The predicted octanol–water partition coefficient (Wildman–Crippen LogP) is 4.11. The van der Waals surface area contributed by atoms with E-state index in [-0.39, 0.29) is 18.2 Å². The minimum atomic E-state index is -0.304. The van der Waals surface area contributed by atoms with Crippen LogP contribution in [0.25, 0.3) is 22.4 Å². The van der Waals surface area contributed by atoms with Gasteiger partial charge in [0.05, 0.1) is 23.8 Å². The van der Waals surface area contributed by atoms with Crippen LogP contribution in [0.1, 0.15) is 12.8 Å². The zero-order chi connectivity index (χ0) is 25.5. The Hall–Kier alpha value is -4.18. The number of anilines is 4. The predicted molar refractivity (Wildman–Crippen MR) is 145 cm³/mol. The molecule has 6 rings (SSSR count). The van der Waals surface area contributed by atoms with Crippen LogP contribution in [0.15, 0.2) is 54.7 Å². The molecule has 37 heavy (non-hydrogen) atoms. The van der Waals surface area contributed by atoms with E-state index in [9.17, 15) is 4.79 Å². The molecule has 2 aliphatic rings. The van der Waals surface area contributed by atoms with Crippen LogP contribution < -0.4 is 20.4 Å². The van der Waals surface area contributed by atoms with Crippen molar-refractivity contribution < 1.29 is 9.53 Å². The topological polar surface area (TPSA) is 100 Å². The van der Waals surface area contributed by atoms with Crippen molar-refractivity contribution in [2.45, 2.75) is 25.0 Å². The van der Waals surface area contributed by atoms with E-state index in [2.05, 4.69) is 20.6 Å². The summed E-state index contributed by atoms with van der Waals surface area (Å²) in [5.41, 5.74) is 4.13. The molecule has 2 aromatic heterocycles. The Bertz CT molecular complexity index is 1420. The molecule has 2 saturated heterocycles. The number of aromatic nitrogens is 4. The first-order valence-corrected chi connectivity index (χ1v) is 12.5. The third-order valence-corrected chi connectivity index (χ3v) is 6.96. The second kappa shape index (κ2) is 9.36. The number of carbonyl (C=O) groups is 1. The highest BCUT2D eigenvalue weighted by Crippen LogP contribution is 2.33. The van der Waals surface area contributed by atoms with Gasteiger partial charge in [0.1, 0.15) is 5.82 Å². The number of urea groups is 1. The third-order valence-electron chi connectivity index (χ3n) is 6.96. The first-order chi connectivity index (χ1) is 17.9. The van der Waals surface area contributed by atoms with E-state index in [1.165, 1.54) is 0 Å². The third kappa shape index (κ3) is 4.67. The van der Waals surface area contributed by atoms with Crippen LogP contribution in [0.3, 0.4) is 0 Å². The van der Waals surface area contributed by atoms with Crippen LogP contribution in [0.2, 0.25) is 0 Å². The maximum absolute atomic E-state index is 12.5. The van der Waals surface area contributed by atoms with Gasteiger partial charge in [-0.3, -0.25) is 4.68 Å². The molecule has 2 unspecified atom stereocenters. The van der Waals surface area contributed by atoms with Crippen molar-refractivity contribution >= 4 is 39.9 Å². The molecule has 2 amide bonds. The number of rotatable bonds is 5. The minimum absolute atomic E-state index is 0.256. The average molecular weight is 499 g/mol. The molecule has 4 heterocycles. The van der Waals surface area contributed by atoms with Gasteiger partial charge >= 0.3 is 6.03 Å². The number of ether oxygens (including phenoxy) is 1. The van der Waals surface area contributed by atoms with E-state index in [0.717, 1.165) is 59.7 Å². The fourth-order valence-electron chi connectivity index (χ4n) is 5.00. The number of aryl methyl sites for hydroxylation is 1. The largest absolute Gasteiger partial charge is 0.378 e. The molecule has 2 fully saturated rings. The monoisotopic (exact) mass is 498 g/mol. The summed E-state index contributed by atoms with van der Waals surface area (Å²) in [7, 11) is 5.85. The lowest BCUT2D eigenvalue weighted by molar-refractivity contribution is 0.0303. The summed E-state index contributed by atoms with van der Waals surface area (Å²) in [6.45, 7) is 1.65. The summed E-state index contributed by atoms with van der Waals surface area (Å²) in [6.07, 6.45) is 4.54. The van der Waals surface area contributed by atoms with Crippen molar-refractivity contribution in [2.24, 2.45) is 7.05 Å². The van der Waals surface area contributed by atoms with Crippen molar-refractivity contribution in [1.29, 1.82) is 0 Å². The van der Waals surface area contributed by atoms with Gasteiger partial charge in [0, 0.05) is 56.9 Å². The highest BCUT2D eigenvalue weighted by atomic mass is 16.5. The molecular weight excluding hydrogens is 468 g/mol. The second-order valence-corrected chi connectivity index (χ2v) is 9.84. The first kappa shape index (κ1) is 23.2. The summed E-state index contributed by atoms with van der Waals surface area (Å²) in [6, 6.07) is 14.9. The lowest BCUT2D eigenvalue weighted by Crippen LogP contribution is -2.43. The summed E-state index contributed by atoms with van der Waals surface area (Å²) in [5, 5.41) is 11.1. The highest BCUT2D eigenvalue weighted by Gasteiger charge is 2.35. The van der Waals surface area contributed by atoms with Gasteiger partial charge in [-0.15, -0.1) is 0 Å². The van der Waals surface area contributed by atoms with Gasteiger partial charge in [-0.05, 0) is 61.4 Å². The van der Waals surface area contributed by atoms with Gasteiger partial charge in [-0.25, -0.2) is 14.8 Å². The van der Waals surface area contributed by atoms with Gasteiger partial charge in [0.15, 0.2) is 11.5 Å². The number of amides is 2. The molecule has 2 bridgehead atoms. The van der Waals surface area contributed by atoms with Crippen LogP contribution in [-0.4, -0.2) is 65.2 Å². The summed E-state index contributed by atoms with van der Waals surface area (Å²) in [4.78, 5) is 26.6. The maximum atomic E-state index is 12.5. The number of carbonyl (C=O) groups excluding carboxylic acids is 1. The SMILES string of the molecule is CN(C)c1ccc(NC(=O)Nc2ccc(-c3nc(N4CC5CCC(C4)O5)c4cnn(C)c4n3)cc2)cc1. The molecule has 2 aliphatic heterocycles. The van der Waals surface area contributed by atoms with Gasteiger partial charge in [-0.2, -0.15) is 5.10 Å². The number of fused-ring (bicyclic) bond motifs is 3. The number of nitrogens with one attached hydrogen (secondary N) is 2. The molecule has 2 N–H and O–H groups in total. The van der Waals surface area contributed by atoms with Crippen LogP contribution in [0.4, 0.5) is 27.7 Å². The smallest absolute Gasteiger partial charge is 0.323 e. The molecule has 0 radical (unpaired) electrons. The molecule has 4 aromatic rings. The zero-order valence-corrected chi connectivity index (χ0v) is 21.2. The van der Waals surface area contributed by atoms with Crippen molar-refractivity contribution in [3.8, 4) is 11.4 Å². The lowest BCUT2D eigenvalue weighted by Gasteiger charge is -2.33. The Kier molecular flexibility index (Phi) is 5.88. The molecule has 0 saturated carbocycles.